The van der Waals surface area contributed by atoms with E-state index < -0.39 is 5.97 Å². The Morgan fingerprint density at radius 3 is 2.87 bits per heavy atom. The lowest BCUT2D eigenvalue weighted by Crippen LogP contribution is -2.30. The number of nitrogens with one attached hydrogen (secondary N) is 1. The molecule has 0 amide bonds. The van der Waals surface area contributed by atoms with E-state index in [1.807, 2.05) is 0 Å². The molecule has 23 heavy (non-hydrogen) atoms. The highest BCUT2D eigenvalue weighted by Crippen LogP contribution is 2.27. The predicted molar refractivity (Wildman–Crippen MR) is 88.3 cm³/mol. The molecule has 1 N–H and O–H groups in total. The molecule has 0 spiro atoms. The van der Waals surface area contributed by atoms with Crippen LogP contribution < -0.4 is 10.1 Å². The van der Waals surface area contributed by atoms with Crippen LogP contribution in [0.3, 0.4) is 0 Å². The van der Waals surface area contributed by atoms with Gasteiger partial charge in [-0.05, 0) is 25.2 Å². The van der Waals surface area contributed by atoms with Gasteiger partial charge in [-0.1, -0.05) is 19.4 Å². The van der Waals surface area contributed by atoms with Gasteiger partial charge in [0, 0.05) is 31.8 Å². The van der Waals surface area contributed by atoms with Gasteiger partial charge in [-0.15, -0.1) is 0 Å². The number of esters is 1. The Kier molecular flexibility index (Phi) is 5.23. The van der Waals surface area contributed by atoms with Crippen molar-refractivity contribution in [3.05, 3.63) is 25.0 Å². The van der Waals surface area contributed by atoms with Crippen molar-refractivity contribution in [2.75, 3.05) is 25.0 Å². The normalized spacial score (nSPS) is 22.2. The molecule has 1 saturated heterocycles. The first-order chi connectivity index (χ1) is 11.2. The minimum Gasteiger partial charge on any atom is -0.403 e. The smallest absolute Gasteiger partial charge is 0.336 e. The Bertz CT molecular complexity index is 540. The summed E-state index contributed by atoms with van der Waals surface area (Å²) in [6, 6.07) is 0.410. The van der Waals surface area contributed by atoms with Crippen LogP contribution in [0.4, 0.5) is 5.82 Å². The standard InChI is InChI=1S/C17H24N4O2/c1-2-17(22)23-16-10-18-15(9-19-16)20-14-7-8-21(12-14)11-13-5-3-4-6-13/h2,9-10,13-14H,1,3-8,11-12H2,(H,18,20)/t14-/m1/s1. The first-order valence-corrected chi connectivity index (χ1v) is 8.38. The van der Waals surface area contributed by atoms with Crippen molar-refractivity contribution in [2.24, 2.45) is 5.92 Å². The van der Waals surface area contributed by atoms with Crippen LogP contribution in [0.25, 0.3) is 0 Å². The molecule has 2 heterocycles. The molecule has 1 aromatic rings. The van der Waals surface area contributed by atoms with Gasteiger partial charge in [0.2, 0.25) is 5.88 Å². The molecular formula is C17H24N4O2. The number of nitrogens with zero attached hydrogens (tertiary/aromatic N) is 3. The lowest BCUT2D eigenvalue weighted by Gasteiger charge is -2.20. The van der Waals surface area contributed by atoms with Crippen molar-refractivity contribution >= 4 is 11.8 Å². The molecule has 1 saturated carbocycles. The molecule has 1 aliphatic carbocycles. The van der Waals surface area contributed by atoms with Gasteiger partial charge >= 0.3 is 5.97 Å². The topological polar surface area (TPSA) is 67.3 Å². The number of anilines is 1. The number of carbonyl (C=O) groups excluding carboxylic acids is 1. The average Bonchev–Trinajstić information content (AvgIpc) is 3.22. The first-order valence-electron chi connectivity index (χ1n) is 8.38. The maximum Gasteiger partial charge on any atom is 0.336 e. The second-order valence-electron chi connectivity index (χ2n) is 6.41. The third-order valence-corrected chi connectivity index (χ3v) is 4.62. The third-order valence-electron chi connectivity index (χ3n) is 4.62. The molecule has 0 aromatic carbocycles. The van der Waals surface area contributed by atoms with E-state index in [-0.39, 0.29) is 5.88 Å². The molecule has 2 aliphatic rings. The Labute approximate surface area is 136 Å². The zero-order valence-corrected chi connectivity index (χ0v) is 13.4. The van der Waals surface area contributed by atoms with Crippen LogP contribution in [0, 0.1) is 5.92 Å². The van der Waals surface area contributed by atoms with Gasteiger partial charge in [0.05, 0.1) is 12.4 Å². The molecular weight excluding hydrogens is 292 g/mol. The Morgan fingerprint density at radius 2 is 2.17 bits per heavy atom. The highest BCUT2D eigenvalue weighted by Gasteiger charge is 2.26. The largest absolute Gasteiger partial charge is 0.403 e. The zero-order chi connectivity index (χ0) is 16.1. The number of hydrogen-bond acceptors (Lipinski definition) is 6. The van der Waals surface area contributed by atoms with Crippen LogP contribution in [0.5, 0.6) is 5.88 Å². The molecule has 1 aliphatic heterocycles. The van der Waals surface area contributed by atoms with E-state index in [4.69, 9.17) is 4.74 Å². The van der Waals surface area contributed by atoms with Crippen LogP contribution in [-0.4, -0.2) is 46.5 Å². The van der Waals surface area contributed by atoms with Crippen LogP contribution in [0.1, 0.15) is 32.1 Å². The summed E-state index contributed by atoms with van der Waals surface area (Å²) in [5.74, 6) is 1.27. The quantitative estimate of drug-likeness (QED) is 0.641. The predicted octanol–water partition coefficient (Wildman–Crippen LogP) is 2.24. The fourth-order valence-corrected chi connectivity index (χ4v) is 3.47. The van der Waals surface area contributed by atoms with E-state index >= 15 is 0 Å². The van der Waals surface area contributed by atoms with Crippen molar-refractivity contribution in [1.29, 1.82) is 0 Å². The summed E-state index contributed by atoms with van der Waals surface area (Å²) in [5.41, 5.74) is 0. The van der Waals surface area contributed by atoms with Gasteiger partial charge < -0.3 is 15.0 Å². The SMILES string of the molecule is C=CC(=O)Oc1cnc(N[C@@H]2CCN(CC3CCCC3)C2)cn1. The van der Waals surface area contributed by atoms with Gasteiger partial charge in [-0.3, -0.25) is 0 Å². The summed E-state index contributed by atoms with van der Waals surface area (Å²) in [6.45, 7) is 6.79. The molecule has 6 nitrogen and oxygen atoms in total. The summed E-state index contributed by atoms with van der Waals surface area (Å²) in [5, 5.41) is 3.41. The Morgan fingerprint density at radius 1 is 1.35 bits per heavy atom. The maximum absolute atomic E-state index is 11.1. The van der Waals surface area contributed by atoms with E-state index in [0.717, 1.165) is 37.3 Å². The van der Waals surface area contributed by atoms with Gasteiger partial charge in [0.15, 0.2) is 0 Å². The van der Waals surface area contributed by atoms with E-state index in [2.05, 4.69) is 26.8 Å². The zero-order valence-electron chi connectivity index (χ0n) is 13.4. The van der Waals surface area contributed by atoms with E-state index in [9.17, 15) is 4.79 Å². The van der Waals surface area contributed by atoms with E-state index in [1.54, 1.807) is 6.20 Å². The maximum atomic E-state index is 11.1. The molecule has 2 fully saturated rings. The van der Waals surface area contributed by atoms with Gasteiger partial charge in [-0.2, -0.15) is 0 Å². The number of aromatic nitrogens is 2. The monoisotopic (exact) mass is 316 g/mol. The number of likely N-dealkylation sites (tertiary alicyclic amines) is 1. The highest BCUT2D eigenvalue weighted by atomic mass is 16.5. The number of carbonyl (C=O) groups is 1. The molecule has 3 rings (SSSR count). The summed E-state index contributed by atoms with van der Waals surface area (Å²) in [6.07, 6.45) is 10.9. The summed E-state index contributed by atoms with van der Waals surface area (Å²) >= 11 is 0. The minimum absolute atomic E-state index is 0.190. The van der Waals surface area contributed by atoms with Crippen LogP contribution in [0.15, 0.2) is 25.0 Å². The van der Waals surface area contributed by atoms with Crippen LogP contribution in [-0.2, 0) is 4.79 Å². The lowest BCUT2D eigenvalue weighted by atomic mass is 10.1. The van der Waals surface area contributed by atoms with E-state index in [1.165, 1.54) is 38.4 Å². The minimum atomic E-state index is -0.529. The van der Waals surface area contributed by atoms with Crippen molar-refractivity contribution in [1.82, 2.24) is 14.9 Å². The van der Waals surface area contributed by atoms with Crippen molar-refractivity contribution < 1.29 is 9.53 Å². The number of hydrogen-bond donors (Lipinski definition) is 1. The molecule has 0 bridgehead atoms. The molecule has 124 valence electrons. The van der Waals surface area contributed by atoms with Gasteiger partial charge in [0.25, 0.3) is 0 Å². The third kappa shape index (κ3) is 4.51. The average molecular weight is 316 g/mol. The Hall–Kier alpha value is -1.95. The molecule has 0 radical (unpaired) electrons. The number of ether oxygens (including phenoxy) is 1. The van der Waals surface area contributed by atoms with E-state index in [0.29, 0.717) is 6.04 Å². The molecule has 6 heteroatoms. The fraction of sp³-hybridized carbons (Fsp3) is 0.588. The second kappa shape index (κ2) is 7.55. The second-order valence-corrected chi connectivity index (χ2v) is 6.41. The van der Waals surface area contributed by atoms with Gasteiger partial charge in [0.1, 0.15) is 5.82 Å². The Balaban J connectivity index is 1.46. The summed E-state index contributed by atoms with van der Waals surface area (Å²) < 4.78 is 4.91. The summed E-state index contributed by atoms with van der Waals surface area (Å²) in [4.78, 5) is 22.0. The molecule has 1 atom stereocenters. The van der Waals surface area contributed by atoms with Crippen LogP contribution >= 0.6 is 0 Å². The first kappa shape index (κ1) is 15.9. The van der Waals surface area contributed by atoms with Crippen LogP contribution in [0.2, 0.25) is 0 Å². The number of rotatable bonds is 6. The highest BCUT2D eigenvalue weighted by molar-refractivity contribution is 5.82. The fourth-order valence-electron chi connectivity index (χ4n) is 3.47. The van der Waals surface area contributed by atoms with Crippen molar-refractivity contribution in [2.45, 2.75) is 38.1 Å². The molecule has 1 aromatic heterocycles. The lowest BCUT2D eigenvalue weighted by molar-refractivity contribution is -0.129. The van der Waals surface area contributed by atoms with Crippen molar-refractivity contribution in [3.63, 3.8) is 0 Å². The molecule has 0 unspecified atom stereocenters. The summed E-state index contributed by atoms with van der Waals surface area (Å²) in [7, 11) is 0. The van der Waals surface area contributed by atoms with Gasteiger partial charge in [-0.25, -0.2) is 14.8 Å². The van der Waals surface area contributed by atoms with Crippen molar-refractivity contribution in [3.8, 4) is 5.88 Å².